The van der Waals surface area contributed by atoms with Gasteiger partial charge < -0.3 is 10.1 Å². The fourth-order valence-electron chi connectivity index (χ4n) is 3.65. The molecule has 25 heavy (non-hydrogen) atoms. The molecule has 1 atom stereocenters. The zero-order valence-corrected chi connectivity index (χ0v) is 14.3. The standard InChI is InChI=1S/C18H21F3N2O2/c1-22-16-14(12-7-6-8-13(11-12)18(19,20)21)15(24)17(25-16)23(2)9-4-3-5-10-23/h6-8,11,17H,3-5,9-10H2,1-2H3/p+1. The van der Waals surface area contributed by atoms with Gasteiger partial charge in [0.2, 0.25) is 5.88 Å². The van der Waals surface area contributed by atoms with Crippen LogP contribution in [0.15, 0.2) is 30.1 Å². The van der Waals surface area contributed by atoms with Crippen molar-refractivity contribution in [2.75, 3.05) is 27.2 Å². The van der Waals surface area contributed by atoms with Crippen LogP contribution in [-0.4, -0.2) is 43.7 Å². The lowest BCUT2D eigenvalue weighted by atomic mass is 9.98. The molecule has 0 aromatic heterocycles. The first-order valence-corrected chi connectivity index (χ1v) is 8.41. The highest BCUT2D eigenvalue weighted by Gasteiger charge is 2.48. The van der Waals surface area contributed by atoms with E-state index in [2.05, 4.69) is 5.32 Å². The molecule has 1 N–H and O–H groups in total. The Morgan fingerprint density at radius 1 is 1.20 bits per heavy atom. The molecule has 2 aliphatic rings. The molecule has 3 rings (SSSR count). The zero-order valence-electron chi connectivity index (χ0n) is 14.3. The summed E-state index contributed by atoms with van der Waals surface area (Å²) in [5.41, 5.74) is -0.346. The molecule has 0 bridgehead atoms. The van der Waals surface area contributed by atoms with Gasteiger partial charge in [0, 0.05) is 7.05 Å². The molecule has 1 saturated heterocycles. The number of hydrogen-bond acceptors (Lipinski definition) is 3. The van der Waals surface area contributed by atoms with Gasteiger partial charge in [-0.1, -0.05) is 12.1 Å². The Labute approximate surface area is 144 Å². The highest BCUT2D eigenvalue weighted by Crippen LogP contribution is 2.37. The lowest BCUT2D eigenvalue weighted by Crippen LogP contribution is -2.58. The molecule has 0 radical (unpaired) electrons. The number of nitrogens with one attached hydrogen (secondary N) is 1. The van der Waals surface area contributed by atoms with Crippen molar-refractivity contribution in [2.24, 2.45) is 0 Å². The lowest BCUT2D eigenvalue weighted by Gasteiger charge is -2.40. The Balaban J connectivity index is 1.96. The molecule has 1 fully saturated rings. The van der Waals surface area contributed by atoms with Gasteiger partial charge in [-0.2, -0.15) is 13.2 Å². The van der Waals surface area contributed by atoms with Crippen LogP contribution in [0.3, 0.4) is 0 Å². The number of halogens is 3. The van der Waals surface area contributed by atoms with Crippen molar-refractivity contribution in [3.63, 3.8) is 0 Å². The van der Waals surface area contributed by atoms with E-state index in [1.54, 1.807) is 7.05 Å². The van der Waals surface area contributed by atoms with E-state index in [1.807, 2.05) is 7.05 Å². The number of likely N-dealkylation sites (tertiary alicyclic amines) is 1. The Kier molecular flexibility index (Phi) is 4.53. The van der Waals surface area contributed by atoms with E-state index in [-0.39, 0.29) is 22.8 Å². The summed E-state index contributed by atoms with van der Waals surface area (Å²) in [7, 11) is 3.58. The first-order chi connectivity index (χ1) is 11.8. The summed E-state index contributed by atoms with van der Waals surface area (Å²) in [5.74, 6) is -0.00711. The topological polar surface area (TPSA) is 38.3 Å². The van der Waals surface area contributed by atoms with Crippen LogP contribution in [0.4, 0.5) is 13.2 Å². The summed E-state index contributed by atoms with van der Waals surface area (Å²) >= 11 is 0. The third-order valence-corrected chi connectivity index (χ3v) is 5.04. The highest BCUT2D eigenvalue weighted by molar-refractivity contribution is 6.24. The normalized spacial score (nSPS) is 23.6. The molecule has 1 aromatic carbocycles. The van der Waals surface area contributed by atoms with Gasteiger partial charge in [0.05, 0.1) is 31.3 Å². The second-order valence-corrected chi connectivity index (χ2v) is 6.85. The number of rotatable bonds is 3. The Morgan fingerprint density at radius 2 is 1.88 bits per heavy atom. The summed E-state index contributed by atoms with van der Waals surface area (Å²) in [6.45, 7) is 1.65. The van der Waals surface area contributed by atoms with Crippen molar-refractivity contribution in [3.05, 3.63) is 41.3 Å². The smallest absolute Gasteiger partial charge is 0.416 e. The van der Waals surface area contributed by atoms with E-state index in [9.17, 15) is 18.0 Å². The average molecular weight is 355 g/mol. The van der Waals surface area contributed by atoms with Crippen LogP contribution in [0, 0.1) is 0 Å². The summed E-state index contributed by atoms with van der Waals surface area (Å²) in [6.07, 6.45) is -2.01. The number of nitrogens with zero attached hydrogens (tertiary/aromatic N) is 1. The van der Waals surface area contributed by atoms with E-state index < -0.39 is 18.0 Å². The van der Waals surface area contributed by atoms with Gasteiger partial charge in [-0.15, -0.1) is 0 Å². The number of ether oxygens (including phenoxy) is 1. The molecule has 136 valence electrons. The number of ketones is 1. The fourth-order valence-corrected chi connectivity index (χ4v) is 3.65. The van der Waals surface area contributed by atoms with Crippen molar-refractivity contribution < 1.29 is 27.2 Å². The lowest BCUT2D eigenvalue weighted by molar-refractivity contribution is -0.946. The van der Waals surface area contributed by atoms with Gasteiger partial charge in [-0.05, 0) is 37.0 Å². The Hall–Kier alpha value is -2.02. The van der Waals surface area contributed by atoms with Crippen LogP contribution in [-0.2, 0) is 15.7 Å². The number of likely N-dealkylation sites (N-methyl/N-ethyl adjacent to an activating group) is 1. The molecule has 1 unspecified atom stereocenters. The number of hydrogen-bond donors (Lipinski definition) is 1. The number of carbonyl (C=O) groups excluding carboxylic acids is 1. The van der Waals surface area contributed by atoms with E-state index in [0.717, 1.165) is 44.5 Å². The fraction of sp³-hybridized carbons (Fsp3) is 0.500. The van der Waals surface area contributed by atoms with E-state index >= 15 is 0 Å². The van der Waals surface area contributed by atoms with Crippen LogP contribution in [0.1, 0.15) is 30.4 Å². The molecule has 2 aliphatic heterocycles. The first-order valence-electron chi connectivity index (χ1n) is 8.41. The molecule has 7 heteroatoms. The van der Waals surface area contributed by atoms with Crippen molar-refractivity contribution in [3.8, 4) is 0 Å². The van der Waals surface area contributed by atoms with Crippen molar-refractivity contribution in [1.29, 1.82) is 0 Å². The second-order valence-electron chi connectivity index (χ2n) is 6.85. The summed E-state index contributed by atoms with van der Waals surface area (Å²) in [6, 6.07) is 4.84. The van der Waals surface area contributed by atoms with Gasteiger partial charge in [-0.3, -0.25) is 9.28 Å². The summed E-state index contributed by atoms with van der Waals surface area (Å²) in [4.78, 5) is 13.0. The maximum atomic E-state index is 13.0. The molecule has 1 aromatic rings. The molecule has 4 nitrogen and oxygen atoms in total. The van der Waals surface area contributed by atoms with Gasteiger partial charge in [0.1, 0.15) is 0 Å². The van der Waals surface area contributed by atoms with Crippen molar-refractivity contribution in [2.45, 2.75) is 31.7 Å². The van der Waals surface area contributed by atoms with Gasteiger partial charge in [0.25, 0.3) is 12.0 Å². The minimum Gasteiger partial charge on any atom is -0.419 e. The maximum Gasteiger partial charge on any atom is 0.416 e. The number of piperidine rings is 1. The molecular formula is C18H22F3N2O2+. The number of carbonyl (C=O) groups is 1. The molecule has 2 heterocycles. The molecule has 0 saturated carbocycles. The van der Waals surface area contributed by atoms with Crippen LogP contribution in [0.2, 0.25) is 0 Å². The zero-order chi connectivity index (χ0) is 18.2. The predicted molar refractivity (Wildman–Crippen MR) is 87.1 cm³/mol. The number of Topliss-reactive ketones (excluding diaryl/α,β-unsaturated/α-hetero) is 1. The predicted octanol–water partition coefficient (Wildman–Crippen LogP) is 3.15. The minimum absolute atomic E-state index is 0.198. The van der Waals surface area contributed by atoms with Crippen LogP contribution >= 0.6 is 0 Å². The number of benzene rings is 1. The van der Waals surface area contributed by atoms with Crippen molar-refractivity contribution >= 4 is 11.4 Å². The third kappa shape index (κ3) is 3.25. The molecule has 0 aliphatic carbocycles. The van der Waals surface area contributed by atoms with E-state index in [4.69, 9.17) is 4.74 Å². The van der Waals surface area contributed by atoms with Crippen LogP contribution in [0.25, 0.3) is 5.57 Å². The van der Waals surface area contributed by atoms with Crippen LogP contribution in [0.5, 0.6) is 0 Å². The summed E-state index contributed by atoms with van der Waals surface area (Å²) in [5, 5.41) is 2.83. The quantitative estimate of drug-likeness (QED) is 0.847. The Morgan fingerprint density at radius 3 is 2.48 bits per heavy atom. The van der Waals surface area contributed by atoms with Gasteiger partial charge >= 0.3 is 6.18 Å². The van der Waals surface area contributed by atoms with Gasteiger partial charge in [-0.25, -0.2) is 0 Å². The van der Waals surface area contributed by atoms with E-state index in [0.29, 0.717) is 4.48 Å². The summed E-state index contributed by atoms with van der Waals surface area (Å²) < 4.78 is 45.4. The number of alkyl halides is 3. The van der Waals surface area contributed by atoms with Crippen LogP contribution < -0.4 is 5.32 Å². The number of quaternary nitrogens is 1. The first kappa shape index (κ1) is 17.8. The SMILES string of the molecule is CNC1=C(c2cccc(C(F)(F)F)c2)C(=O)C([N+]2(C)CCCCC2)O1. The van der Waals surface area contributed by atoms with Gasteiger partial charge in [0.15, 0.2) is 0 Å². The largest absolute Gasteiger partial charge is 0.419 e. The third-order valence-electron chi connectivity index (χ3n) is 5.04. The average Bonchev–Trinajstić information content (AvgIpc) is 2.92. The molecule has 0 spiro atoms. The van der Waals surface area contributed by atoms with Crippen molar-refractivity contribution in [1.82, 2.24) is 5.32 Å². The monoisotopic (exact) mass is 355 g/mol. The Bertz CT molecular complexity index is 707. The molecular weight excluding hydrogens is 333 g/mol. The highest BCUT2D eigenvalue weighted by atomic mass is 19.4. The minimum atomic E-state index is -4.45. The van der Waals surface area contributed by atoms with E-state index in [1.165, 1.54) is 12.1 Å². The maximum absolute atomic E-state index is 13.0. The second kappa shape index (κ2) is 6.37. The molecule has 0 amide bonds.